The molecule has 2 rings (SSSR count). The van der Waals surface area contributed by atoms with Gasteiger partial charge in [-0.05, 0) is 65.9 Å². The van der Waals surface area contributed by atoms with E-state index >= 15 is 0 Å². The van der Waals surface area contributed by atoms with E-state index in [1.54, 1.807) is 0 Å². The third kappa shape index (κ3) is 5.08. The van der Waals surface area contributed by atoms with Gasteiger partial charge in [-0.2, -0.15) is 11.3 Å². The number of aliphatic hydroxyl groups excluding tert-OH is 1. The average molecular weight is 333 g/mol. The van der Waals surface area contributed by atoms with Crippen molar-refractivity contribution in [3.8, 4) is 5.75 Å². The van der Waals surface area contributed by atoms with E-state index in [9.17, 15) is 9.90 Å². The highest BCUT2D eigenvalue weighted by molar-refractivity contribution is 7.07. The number of hydrogen-bond donors (Lipinski definition) is 2. The number of benzene rings is 1. The van der Waals surface area contributed by atoms with E-state index in [0.717, 1.165) is 22.4 Å². The minimum atomic E-state index is -0.659. The van der Waals surface area contributed by atoms with E-state index in [4.69, 9.17) is 4.74 Å². The zero-order valence-corrected chi connectivity index (χ0v) is 14.6. The number of carbonyl (C=O) groups excluding carboxylic acids is 1. The molecule has 1 amide bonds. The van der Waals surface area contributed by atoms with Crippen LogP contribution in [0.5, 0.6) is 5.75 Å². The van der Waals surface area contributed by atoms with Crippen LogP contribution < -0.4 is 10.1 Å². The van der Waals surface area contributed by atoms with E-state index in [-0.39, 0.29) is 18.9 Å². The maximum absolute atomic E-state index is 11.8. The second kappa shape index (κ2) is 8.13. The second-order valence-electron chi connectivity index (χ2n) is 5.68. The molecule has 0 fully saturated rings. The van der Waals surface area contributed by atoms with E-state index < -0.39 is 6.10 Å². The van der Waals surface area contributed by atoms with Crippen LogP contribution in [-0.2, 0) is 4.79 Å². The Kier molecular flexibility index (Phi) is 6.19. The molecule has 0 aliphatic rings. The average Bonchev–Trinajstić information content (AvgIpc) is 3.04. The number of carbonyl (C=O) groups is 1. The lowest BCUT2D eigenvalue weighted by Crippen LogP contribution is -2.29. The summed E-state index contributed by atoms with van der Waals surface area (Å²) in [7, 11) is 0. The lowest BCUT2D eigenvalue weighted by atomic mass is 10.1. The Bertz CT molecular complexity index is 653. The van der Waals surface area contributed by atoms with Gasteiger partial charge in [0.05, 0.1) is 19.1 Å². The van der Waals surface area contributed by atoms with Gasteiger partial charge in [-0.25, -0.2) is 0 Å². The summed E-state index contributed by atoms with van der Waals surface area (Å²) in [6, 6.07) is 5.95. The molecule has 2 aromatic rings. The number of aryl methyl sites for hydroxylation is 2. The third-order valence-corrected chi connectivity index (χ3v) is 4.47. The standard InChI is InChI=1S/C18H23NO3S/c1-12-8-13(2)14(3)17(9-12)22-6-4-18(21)19-10-16(20)15-5-7-23-11-15/h5,7-9,11,16,20H,4,6,10H2,1-3H3,(H,19,21). The smallest absolute Gasteiger partial charge is 0.223 e. The molecule has 0 aliphatic carbocycles. The molecule has 1 unspecified atom stereocenters. The maximum Gasteiger partial charge on any atom is 0.223 e. The Hall–Kier alpha value is -1.85. The third-order valence-electron chi connectivity index (χ3n) is 3.77. The van der Waals surface area contributed by atoms with Gasteiger partial charge in [0.2, 0.25) is 5.91 Å². The topological polar surface area (TPSA) is 58.6 Å². The number of aliphatic hydroxyl groups is 1. The van der Waals surface area contributed by atoms with Crippen LogP contribution in [0.3, 0.4) is 0 Å². The fourth-order valence-electron chi connectivity index (χ4n) is 2.29. The molecule has 1 atom stereocenters. The summed E-state index contributed by atoms with van der Waals surface area (Å²) in [5.74, 6) is 0.704. The van der Waals surface area contributed by atoms with Gasteiger partial charge >= 0.3 is 0 Å². The Labute approximate surface area is 141 Å². The lowest BCUT2D eigenvalue weighted by molar-refractivity contribution is -0.122. The number of amides is 1. The summed E-state index contributed by atoms with van der Waals surface area (Å²) in [4.78, 5) is 11.8. The van der Waals surface area contributed by atoms with Gasteiger partial charge in [-0.3, -0.25) is 4.79 Å². The summed E-state index contributed by atoms with van der Waals surface area (Å²) >= 11 is 1.52. The van der Waals surface area contributed by atoms with Crippen molar-refractivity contribution in [2.45, 2.75) is 33.3 Å². The normalized spacial score (nSPS) is 12.0. The molecule has 4 nitrogen and oxygen atoms in total. The van der Waals surface area contributed by atoms with Crippen molar-refractivity contribution in [2.24, 2.45) is 0 Å². The summed E-state index contributed by atoms with van der Waals surface area (Å²) in [5, 5.41) is 16.4. The monoisotopic (exact) mass is 333 g/mol. The Morgan fingerprint density at radius 2 is 2.13 bits per heavy atom. The Balaban J connectivity index is 1.75. The van der Waals surface area contributed by atoms with Crippen LogP contribution in [0.15, 0.2) is 29.0 Å². The number of ether oxygens (including phenoxy) is 1. The Morgan fingerprint density at radius 1 is 1.35 bits per heavy atom. The highest BCUT2D eigenvalue weighted by Crippen LogP contribution is 2.23. The molecule has 0 saturated heterocycles. The first-order valence-electron chi connectivity index (χ1n) is 7.65. The van der Waals surface area contributed by atoms with E-state index in [2.05, 4.69) is 11.4 Å². The SMILES string of the molecule is Cc1cc(C)c(C)c(OCCC(=O)NCC(O)c2ccsc2)c1. The van der Waals surface area contributed by atoms with Crippen LogP contribution in [0.2, 0.25) is 0 Å². The van der Waals surface area contributed by atoms with Crippen LogP contribution in [0.25, 0.3) is 0 Å². The molecule has 23 heavy (non-hydrogen) atoms. The van der Waals surface area contributed by atoms with Gasteiger partial charge in [0, 0.05) is 6.54 Å². The van der Waals surface area contributed by atoms with Crippen molar-refractivity contribution >= 4 is 17.2 Å². The molecular formula is C18H23NO3S. The van der Waals surface area contributed by atoms with E-state index in [1.165, 1.54) is 16.9 Å². The van der Waals surface area contributed by atoms with Gasteiger partial charge in [-0.15, -0.1) is 0 Å². The van der Waals surface area contributed by atoms with Gasteiger partial charge < -0.3 is 15.2 Å². The summed E-state index contributed by atoms with van der Waals surface area (Å²) in [6.45, 7) is 6.63. The summed E-state index contributed by atoms with van der Waals surface area (Å²) in [5.41, 5.74) is 4.26. The minimum Gasteiger partial charge on any atom is -0.493 e. The Morgan fingerprint density at radius 3 is 2.83 bits per heavy atom. The molecule has 1 aromatic carbocycles. The largest absolute Gasteiger partial charge is 0.493 e. The molecule has 0 spiro atoms. The van der Waals surface area contributed by atoms with Crippen molar-refractivity contribution in [3.05, 3.63) is 51.2 Å². The number of nitrogens with one attached hydrogen (secondary N) is 1. The van der Waals surface area contributed by atoms with Gasteiger partial charge in [-0.1, -0.05) is 6.07 Å². The number of rotatable bonds is 7. The van der Waals surface area contributed by atoms with E-state index in [1.807, 2.05) is 43.7 Å². The molecule has 0 radical (unpaired) electrons. The second-order valence-corrected chi connectivity index (χ2v) is 6.46. The van der Waals surface area contributed by atoms with Crippen molar-refractivity contribution in [1.29, 1.82) is 0 Å². The highest BCUT2D eigenvalue weighted by Gasteiger charge is 2.10. The molecule has 0 saturated carbocycles. The fraction of sp³-hybridized carbons (Fsp3) is 0.389. The zero-order chi connectivity index (χ0) is 16.8. The first kappa shape index (κ1) is 17.5. The maximum atomic E-state index is 11.8. The molecule has 2 N–H and O–H groups in total. The minimum absolute atomic E-state index is 0.124. The molecular weight excluding hydrogens is 310 g/mol. The molecule has 1 aromatic heterocycles. The van der Waals surface area contributed by atoms with Crippen molar-refractivity contribution in [1.82, 2.24) is 5.32 Å². The van der Waals surface area contributed by atoms with Gasteiger partial charge in [0.15, 0.2) is 0 Å². The predicted octanol–water partition coefficient (Wildman–Crippen LogP) is 3.29. The van der Waals surface area contributed by atoms with E-state index in [0.29, 0.717) is 6.61 Å². The van der Waals surface area contributed by atoms with Gasteiger partial charge in [0.25, 0.3) is 0 Å². The zero-order valence-electron chi connectivity index (χ0n) is 13.8. The predicted molar refractivity (Wildman–Crippen MR) is 93.1 cm³/mol. The molecule has 0 bridgehead atoms. The van der Waals surface area contributed by atoms with Crippen molar-refractivity contribution < 1.29 is 14.6 Å². The van der Waals surface area contributed by atoms with Crippen LogP contribution in [0.4, 0.5) is 0 Å². The lowest BCUT2D eigenvalue weighted by Gasteiger charge is -2.13. The van der Waals surface area contributed by atoms with Crippen LogP contribution >= 0.6 is 11.3 Å². The molecule has 124 valence electrons. The molecule has 0 aliphatic heterocycles. The van der Waals surface area contributed by atoms with Crippen LogP contribution in [0, 0.1) is 20.8 Å². The van der Waals surface area contributed by atoms with Crippen LogP contribution in [-0.4, -0.2) is 24.2 Å². The molecule has 1 heterocycles. The summed E-state index contributed by atoms with van der Waals surface area (Å²) < 4.78 is 5.73. The van der Waals surface area contributed by atoms with Crippen molar-refractivity contribution in [2.75, 3.05) is 13.2 Å². The first-order chi connectivity index (χ1) is 11.0. The van der Waals surface area contributed by atoms with Crippen LogP contribution in [0.1, 0.15) is 34.8 Å². The quantitative estimate of drug-likeness (QED) is 0.817. The van der Waals surface area contributed by atoms with Gasteiger partial charge in [0.1, 0.15) is 5.75 Å². The number of thiophene rings is 1. The van der Waals surface area contributed by atoms with Crippen molar-refractivity contribution in [3.63, 3.8) is 0 Å². The first-order valence-corrected chi connectivity index (χ1v) is 8.59. The number of hydrogen-bond acceptors (Lipinski definition) is 4. The highest BCUT2D eigenvalue weighted by atomic mass is 32.1. The fourth-order valence-corrected chi connectivity index (χ4v) is 2.99. The summed E-state index contributed by atoms with van der Waals surface area (Å²) in [6.07, 6.45) is -0.393. The molecule has 5 heteroatoms.